The molecule has 1 atom stereocenters. The molecule has 7 nitrogen and oxygen atoms in total. The fourth-order valence-corrected chi connectivity index (χ4v) is 6.14. The van der Waals surface area contributed by atoms with Crippen molar-refractivity contribution in [3.05, 3.63) is 52.8 Å². The Morgan fingerprint density at radius 3 is 2.38 bits per heavy atom. The quantitative estimate of drug-likeness (QED) is 0.309. The number of thioether (sulfide) groups is 1. The fourth-order valence-electron chi connectivity index (χ4n) is 4.03. The van der Waals surface area contributed by atoms with Crippen LogP contribution in [0.25, 0.3) is 0 Å². The van der Waals surface area contributed by atoms with Crippen molar-refractivity contribution >= 4 is 39.1 Å². The Morgan fingerprint density at radius 1 is 1.09 bits per heavy atom. The molecule has 0 amide bonds. The van der Waals surface area contributed by atoms with Crippen LogP contribution in [0.3, 0.4) is 0 Å². The summed E-state index contributed by atoms with van der Waals surface area (Å²) in [5.41, 5.74) is 2.43. The van der Waals surface area contributed by atoms with Crippen molar-refractivity contribution in [2.75, 3.05) is 24.4 Å². The molecule has 0 aliphatic carbocycles. The van der Waals surface area contributed by atoms with Gasteiger partial charge in [-0.15, -0.1) is 11.8 Å². The van der Waals surface area contributed by atoms with Gasteiger partial charge in [0.25, 0.3) is 0 Å². The summed E-state index contributed by atoms with van der Waals surface area (Å²) in [6.45, 7) is 3.19. The number of benzene rings is 1. The number of hydrogen-bond acceptors (Lipinski definition) is 7. The molecule has 0 saturated carbocycles. The highest BCUT2D eigenvalue weighted by molar-refractivity contribution is 7.98. The molecule has 9 heteroatoms. The zero-order valence-corrected chi connectivity index (χ0v) is 20.1. The Kier molecular flexibility index (Phi) is 7.61. The van der Waals surface area contributed by atoms with Crippen LogP contribution in [-0.4, -0.2) is 54.9 Å². The molecule has 2 heterocycles. The molecule has 0 bridgehead atoms. The van der Waals surface area contributed by atoms with E-state index in [9.17, 15) is 22.8 Å². The third-order valence-electron chi connectivity index (χ3n) is 5.69. The zero-order valence-electron chi connectivity index (χ0n) is 18.4. The summed E-state index contributed by atoms with van der Waals surface area (Å²) in [6.07, 6.45) is 2.38. The number of sulfone groups is 1. The molecule has 0 spiro atoms. The number of hydrogen-bond donors (Lipinski definition) is 0. The van der Waals surface area contributed by atoms with E-state index in [0.29, 0.717) is 23.2 Å². The van der Waals surface area contributed by atoms with E-state index in [-0.39, 0.29) is 42.0 Å². The lowest BCUT2D eigenvalue weighted by Gasteiger charge is -2.16. The standard InChI is InChI=1S/C23H27NO6S2/c1-15-12-20(16(2)24(15)18-10-11-32(28,29)14-18)22(26)13-30-23(27)9-8-21(25)17-4-6-19(31-3)7-5-17/h4-7,12,18H,8-11,13-14H2,1-3H3/t18-/m1/s1. The predicted octanol–water partition coefficient (Wildman–Crippen LogP) is 3.58. The number of aromatic nitrogens is 1. The molecule has 2 aromatic rings. The fraction of sp³-hybridized carbons (Fsp3) is 0.435. The van der Waals surface area contributed by atoms with Gasteiger partial charge in [0.2, 0.25) is 5.78 Å². The van der Waals surface area contributed by atoms with Crippen LogP contribution in [0.15, 0.2) is 35.2 Å². The van der Waals surface area contributed by atoms with Gasteiger partial charge < -0.3 is 9.30 Å². The number of nitrogens with zero attached hydrogens (tertiary/aromatic N) is 1. The van der Waals surface area contributed by atoms with Gasteiger partial charge in [0.15, 0.2) is 22.2 Å². The average Bonchev–Trinajstić information content (AvgIpc) is 3.27. The average molecular weight is 478 g/mol. The van der Waals surface area contributed by atoms with Crippen molar-refractivity contribution in [3.63, 3.8) is 0 Å². The zero-order chi connectivity index (χ0) is 23.5. The number of rotatable bonds is 9. The molecular formula is C23H27NO6S2. The second-order valence-corrected chi connectivity index (χ2v) is 11.1. The second kappa shape index (κ2) is 10.0. The van der Waals surface area contributed by atoms with Gasteiger partial charge in [-0.2, -0.15) is 0 Å². The summed E-state index contributed by atoms with van der Waals surface area (Å²) < 4.78 is 30.6. The lowest BCUT2D eigenvalue weighted by molar-refractivity contribution is -0.142. The molecule has 0 N–H and O–H groups in total. The Morgan fingerprint density at radius 2 is 1.78 bits per heavy atom. The van der Waals surface area contributed by atoms with Crippen LogP contribution in [0.4, 0.5) is 0 Å². The minimum absolute atomic E-state index is 0.0102. The Balaban J connectivity index is 1.53. The van der Waals surface area contributed by atoms with Crippen LogP contribution >= 0.6 is 11.8 Å². The summed E-state index contributed by atoms with van der Waals surface area (Å²) >= 11 is 1.58. The molecule has 3 rings (SSSR count). The highest BCUT2D eigenvalue weighted by Crippen LogP contribution is 2.29. The van der Waals surface area contributed by atoms with E-state index in [1.54, 1.807) is 36.9 Å². The van der Waals surface area contributed by atoms with E-state index in [1.165, 1.54) is 0 Å². The molecule has 1 saturated heterocycles. The van der Waals surface area contributed by atoms with Gasteiger partial charge in [-0.25, -0.2) is 8.42 Å². The topological polar surface area (TPSA) is 99.5 Å². The highest BCUT2D eigenvalue weighted by atomic mass is 32.2. The molecule has 32 heavy (non-hydrogen) atoms. The van der Waals surface area contributed by atoms with Gasteiger partial charge in [0.05, 0.1) is 17.9 Å². The molecule has 0 unspecified atom stereocenters. The summed E-state index contributed by atoms with van der Waals surface area (Å²) in [6, 6.07) is 8.69. The number of ether oxygens (including phenoxy) is 1. The first-order valence-corrected chi connectivity index (χ1v) is 13.4. The summed E-state index contributed by atoms with van der Waals surface area (Å²) in [7, 11) is -3.05. The maximum absolute atomic E-state index is 12.6. The molecule has 1 aliphatic rings. The van der Waals surface area contributed by atoms with E-state index in [0.717, 1.165) is 10.6 Å². The second-order valence-electron chi connectivity index (χ2n) is 7.95. The summed E-state index contributed by atoms with van der Waals surface area (Å²) in [5.74, 6) is -0.896. The third-order valence-corrected chi connectivity index (χ3v) is 8.18. The van der Waals surface area contributed by atoms with E-state index in [2.05, 4.69) is 0 Å². The van der Waals surface area contributed by atoms with E-state index >= 15 is 0 Å². The normalized spacial score (nSPS) is 17.3. The van der Waals surface area contributed by atoms with Gasteiger partial charge >= 0.3 is 5.97 Å². The number of carbonyl (C=O) groups is 3. The molecule has 1 aromatic carbocycles. The number of carbonyl (C=O) groups excluding carboxylic acids is 3. The van der Waals surface area contributed by atoms with Crippen molar-refractivity contribution in [1.82, 2.24) is 4.57 Å². The number of ketones is 2. The monoisotopic (exact) mass is 477 g/mol. The molecule has 1 aliphatic heterocycles. The minimum atomic E-state index is -3.05. The maximum atomic E-state index is 12.6. The maximum Gasteiger partial charge on any atom is 0.306 e. The third kappa shape index (κ3) is 5.69. The van der Waals surface area contributed by atoms with E-state index in [1.807, 2.05) is 29.9 Å². The largest absolute Gasteiger partial charge is 0.457 e. The predicted molar refractivity (Wildman–Crippen MR) is 123 cm³/mol. The van der Waals surface area contributed by atoms with Gasteiger partial charge in [0.1, 0.15) is 0 Å². The van der Waals surface area contributed by atoms with Crippen LogP contribution in [0.1, 0.15) is 57.4 Å². The van der Waals surface area contributed by atoms with Crippen molar-refractivity contribution in [2.24, 2.45) is 0 Å². The lowest BCUT2D eigenvalue weighted by Crippen LogP contribution is -2.17. The molecule has 0 radical (unpaired) electrons. The van der Waals surface area contributed by atoms with Gasteiger partial charge in [-0.05, 0) is 44.7 Å². The minimum Gasteiger partial charge on any atom is -0.457 e. The Hall–Kier alpha value is -2.39. The van der Waals surface area contributed by atoms with Crippen molar-refractivity contribution in [2.45, 2.75) is 44.0 Å². The molecule has 1 fully saturated rings. The van der Waals surface area contributed by atoms with Gasteiger partial charge in [-0.1, -0.05) is 12.1 Å². The van der Waals surface area contributed by atoms with Gasteiger partial charge in [0, 0.05) is 39.9 Å². The first-order valence-electron chi connectivity index (χ1n) is 10.4. The van der Waals surface area contributed by atoms with Crippen LogP contribution in [-0.2, 0) is 19.4 Å². The molecule has 1 aromatic heterocycles. The van der Waals surface area contributed by atoms with Crippen molar-refractivity contribution in [1.29, 1.82) is 0 Å². The molecule has 172 valence electrons. The van der Waals surface area contributed by atoms with Gasteiger partial charge in [-0.3, -0.25) is 14.4 Å². The summed E-state index contributed by atoms with van der Waals surface area (Å²) in [5, 5.41) is 0. The number of Topliss-reactive ketones (excluding diaryl/α,β-unsaturated/α-hetero) is 2. The Bertz CT molecular complexity index is 1130. The van der Waals surface area contributed by atoms with Crippen LogP contribution in [0.2, 0.25) is 0 Å². The van der Waals surface area contributed by atoms with Crippen molar-refractivity contribution in [3.8, 4) is 0 Å². The van der Waals surface area contributed by atoms with Crippen LogP contribution < -0.4 is 0 Å². The number of esters is 1. The Labute approximate surface area is 192 Å². The first-order chi connectivity index (χ1) is 15.1. The molecular weight excluding hydrogens is 450 g/mol. The number of aryl methyl sites for hydroxylation is 1. The van der Waals surface area contributed by atoms with E-state index in [4.69, 9.17) is 4.74 Å². The highest BCUT2D eigenvalue weighted by Gasteiger charge is 2.31. The van der Waals surface area contributed by atoms with E-state index < -0.39 is 22.4 Å². The van der Waals surface area contributed by atoms with Crippen molar-refractivity contribution < 1.29 is 27.5 Å². The lowest BCUT2D eigenvalue weighted by atomic mass is 10.1. The SMILES string of the molecule is CSc1ccc(C(=O)CCC(=O)OCC(=O)c2cc(C)n([C@@H]3CCS(=O)(=O)C3)c2C)cc1. The summed E-state index contributed by atoms with van der Waals surface area (Å²) in [4.78, 5) is 38.0. The smallest absolute Gasteiger partial charge is 0.306 e. The van der Waals surface area contributed by atoms with Crippen LogP contribution in [0.5, 0.6) is 0 Å². The first kappa shape index (κ1) is 24.3. The van der Waals surface area contributed by atoms with Crippen LogP contribution in [0, 0.1) is 13.8 Å².